The van der Waals surface area contributed by atoms with E-state index < -0.39 is 11.4 Å². The van der Waals surface area contributed by atoms with Crippen molar-refractivity contribution in [1.29, 1.82) is 0 Å². The fourth-order valence-corrected chi connectivity index (χ4v) is 4.69. The molecule has 1 saturated heterocycles. The number of hydrogen-bond donors (Lipinski definition) is 4. The van der Waals surface area contributed by atoms with Gasteiger partial charge in [0.15, 0.2) is 5.82 Å². The van der Waals surface area contributed by atoms with E-state index in [2.05, 4.69) is 14.8 Å². The molecule has 0 radical (unpaired) electrons. The average molecular weight is 561 g/mol. The Balaban J connectivity index is 0.00000134. The summed E-state index contributed by atoms with van der Waals surface area (Å²) < 4.78 is 32.0. The molecule has 3 aromatic rings. The van der Waals surface area contributed by atoms with Gasteiger partial charge in [0, 0.05) is 74.6 Å². The van der Waals surface area contributed by atoms with Gasteiger partial charge < -0.3 is 29.2 Å². The van der Waals surface area contributed by atoms with Gasteiger partial charge in [0.05, 0.1) is 12.1 Å². The van der Waals surface area contributed by atoms with Gasteiger partial charge in [-0.2, -0.15) is 0 Å². The molecule has 0 atom stereocenters. The number of halogens is 1. The second-order valence-electron chi connectivity index (χ2n) is 9.02. The van der Waals surface area contributed by atoms with Crippen LogP contribution in [0.5, 0.6) is 0 Å². The molecule has 0 spiro atoms. The largest absolute Gasteiger partial charge is 0.483 e. The molecular weight excluding hydrogens is 527 g/mol. The number of anilines is 2. The van der Waals surface area contributed by atoms with E-state index in [1.165, 1.54) is 0 Å². The maximum atomic E-state index is 15.2. The highest BCUT2D eigenvalue weighted by Crippen LogP contribution is 2.28. The standard InChI is InChI=1S/C26H31FN4O4S.CH2O2/c1-28-36-30-22-6-4-5-16(25(22)27)13-21-20(15-24(32)29-17-9-11-34-12-10-17)19-8-7-18(31(2)3)14-23(19)35-26(21)33;2-1-3/h4-8,14,17,28,30H,9-13,15H2,1-3H3,(H,29,32);1H,(H,2,3). The molecule has 0 unspecified atom stereocenters. The highest BCUT2D eigenvalue weighted by Gasteiger charge is 2.22. The zero-order valence-corrected chi connectivity index (χ0v) is 22.9. The van der Waals surface area contributed by atoms with Gasteiger partial charge in [-0.05, 0) is 49.2 Å². The Morgan fingerprint density at radius 3 is 2.59 bits per heavy atom. The minimum atomic E-state index is -0.574. The van der Waals surface area contributed by atoms with Gasteiger partial charge in [-0.1, -0.05) is 12.1 Å². The summed E-state index contributed by atoms with van der Waals surface area (Å²) in [4.78, 5) is 36.5. The van der Waals surface area contributed by atoms with Crippen molar-refractivity contribution < 1.29 is 28.2 Å². The minimum absolute atomic E-state index is 0.000833. The molecule has 1 aliphatic rings. The predicted octanol–water partition coefficient (Wildman–Crippen LogP) is 3.32. The van der Waals surface area contributed by atoms with Gasteiger partial charge in [0.2, 0.25) is 5.91 Å². The third kappa shape index (κ3) is 7.94. The fraction of sp³-hybridized carbons (Fsp3) is 0.370. The summed E-state index contributed by atoms with van der Waals surface area (Å²) in [6.45, 7) is 0.966. The van der Waals surface area contributed by atoms with E-state index in [0.717, 1.165) is 30.7 Å². The van der Waals surface area contributed by atoms with Crippen LogP contribution >= 0.6 is 12.1 Å². The van der Waals surface area contributed by atoms with Crippen molar-refractivity contribution in [2.75, 3.05) is 44.0 Å². The van der Waals surface area contributed by atoms with Crippen molar-refractivity contribution in [3.05, 3.63) is 69.3 Å². The van der Waals surface area contributed by atoms with E-state index in [1.54, 1.807) is 31.3 Å². The first kappa shape index (κ1) is 29.9. The van der Waals surface area contributed by atoms with Crippen molar-refractivity contribution in [2.24, 2.45) is 0 Å². The summed E-state index contributed by atoms with van der Waals surface area (Å²) in [7, 11) is 5.51. The van der Waals surface area contributed by atoms with Crippen LogP contribution in [0.3, 0.4) is 0 Å². The van der Waals surface area contributed by atoms with Gasteiger partial charge >= 0.3 is 5.63 Å². The third-order valence-corrected chi connectivity index (χ3v) is 6.78. The predicted molar refractivity (Wildman–Crippen MR) is 151 cm³/mol. The number of rotatable bonds is 9. The van der Waals surface area contributed by atoms with Crippen molar-refractivity contribution >= 4 is 46.9 Å². The number of ether oxygens (including phenoxy) is 1. The number of nitrogens with one attached hydrogen (secondary N) is 3. The molecular formula is C27H33FN4O6S. The summed E-state index contributed by atoms with van der Waals surface area (Å²) in [5.41, 5.74) is 2.14. The molecule has 1 aromatic heterocycles. The molecule has 39 heavy (non-hydrogen) atoms. The monoisotopic (exact) mass is 560 g/mol. The van der Waals surface area contributed by atoms with Gasteiger partial charge in [-0.25, -0.2) is 13.9 Å². The molecule has 1 fully saturated rings. The number of carbonyl (C=O) groups excluding carboxylic acids is 1. The van der Waals surface area contributed by atoms with E-state index in [4.69, 9.17) is 19.1 Å². The van der Waals surface area contributed by atoms with Crippen LogP contribution in [0, 0.1) is 5.82 Å². The first-order chi connectivity index (χ1) is 18.8. The zero-order valence-electron chi connectivity index (χ0n) is 22.1. The van der Waals surface area contributed by atoms with Crippen LogP contribution in [0.1, 0.15) is 29.5 Å². The molecule has 0 aliphatic carbocycles. The molecule has 0 bridgehead atoms. The molecule has 1 aliphatic heterocycles. The Morgan fingerprint density at radius 1 is 1.21 bits per heavy atom. The SMILES string of the molecule is CNSNc1cccc(Cc2c(CC(=O)NC3CCOCC3)c3ccc(N(C)C)cc3oc2=O)c1F.O=CO. The zero-order chi connectivity index (χ0) is 28.4. The number of nitrogens with zero attached hydrogens (tertiary/aromatic N) is 1. The highest BCUT2D eigenvalue weighted by atomic mass is 32.2. The molecule has 10 nitrogen and oxygen atoms in total. The van der Waals surface area contributed by atoms with Crippen molar-refractivity contribution in [2.45, 2.75) is 31.7 Å². The summed E-state index contributed by atoms with van der Waals surface area (Å²) in [6, 6.07) is 10.6. The summed E-state index contributed by atoms with van der Waals surface area (Å²) >= 11 is 1.14. The number of fused-ring (bicyclic) bond motifs is 1. The van der Waals surface area contributed by atoms with Crippen LogP contribution in [0.2, 0.25) is 0 Å². The topological polar surface area (TPSA) is 133 Å². The lowest BCUT2D eigenvalue weighted by Gasteiger charge is -2.23. The molecule has 2 heterocycles. The number of carbonyl (C=O) groups is 2. The maximum absolute atomic E-state index is 15.2. The minimum Gasteiger partial charge on any atom is -0.483 e. The normalized spacial score (nSPS) is 13.3. The Hall–Kier alpha value is -3.61. The first-order valence-corrected chi connectivity index (χ1v) is 13.2. The van der Waals surface area contributed by atoms with E-state index >= 15 is 4.39 Å². The van der Waals surface area contributed by atoms with E-state index in [0.29, 0.717) is 41.0 Å². The third-order valence-electron chi connectivity index (χ3n) is 6.25. The van der Waals surface area contributed by atoms with Gasteiger partial charge in [-0.15, -0.1) is 0 Å². The molecule has 4 N–H and O–H groups in total. The van der Waals surface area contributed by atoms with Crippen LogP contribution in [0.15, 0.2) is 45.6 Å². The van der Waals surface area contributed by atoms with Crippen molar-refractivity contribution in [3.8, 4) is 0 Å². The first-order valence-electron chi connectivity index (χ1n) is 12.4. The number of hydrogen-bond acceptors (Lipinski definition) is 9. The van der Waals surface area contributed by atoms with Gasteiger partial charge in [-0.3, -0.25) is 9.59 Å². The molecule has 1 amide bonds. The molecule has 2 aromatic carbocycles. The highest BCUT2D eigenvalue weighted by molar-refractivity contribution is 7.98. The van der Waals surface area contributed by atoms with E-state index in [1.807, 2.05) is 31.1 Å². The lowest BCUT2D eigenvalue weighted by atomic mass is 9.95. The van der Waals surface area contributed by atoms with Crippen LogP contribution in [0.4, 0.5) is 15.8 Å². The lowest BCUT2D eigenvalue weighted by Crippen LogP contribution is -2.40. The molecule has 12 heteroatoms. The average Bonchev–Trinajstić information content (AvgIpc) is 2.91. The second kappa shape index (κ2) is 14.5. The van der Waals surface area contributed by atoms with Crippen molar-refractivity contribution in [3.63, 3.8) is 0 Å². The number of carboxylic acid groups (broad SMARTS) is 1. The summed E-state index contributed by atoms with van der Waals surface area (Å²) in [5.74, 6) is -0.645. The maximum Gasteiger partial charge on any atom is 0.340 e. The molecule has 0 saturated carbocycles. The smallest absolute Gasteiger partial charge is 0.340 e. The second-order valence-corrected chi connectivity index (χ2v) is 9.84. The quantitative estimate of drug-likeness (QED) is 0.175. The lowest BCUT2D eigenvalue weighted by molar-refractivity contribution is -0.123. The number of benzene rings is 2. The van der Waals surface area contributed by atoms with E-state index in [9.17, 15) is 9.59 Å². The van der Waals surface area contributed by atoms with Crippen LogP contribution in [-0.4, -0.2) is 57.9 Å². The van der Waals surface area contributed by atoms with Crippen molar-refractivity contribution in [1.82, 2.24) is 10.0 Å². The van der Waals surface area contributed by atoms with Gasteiger partial charge in [0.1, 0.15) is 5.58 Å². The summed E-state index contributed by atoms with van der Waals surface area (Å²) in [5, 5.41) is 10.6. The Bertz CT molecular complexity index is 1340. The summed E-state index contributed by atoms with van der Waals surface area (Å²) in [6.07, 6.45) is 1.49. The van der Waals surface area contributed by atoms with Gasteiger partial charge in [0.25, 0.3) is 6.47 Å². The Morgan fingerprint density at radius 2 is 1.92 bits per heavy atom. The number of amides is 1. The van der Waals surface area contributed by atoms with Crippen LogP contribution in [-0.2, 0) is 27.2 Å². The fourth-order valence-electron chi connectivity index (χ4n) is 4.32. The molecule has 210 valence electrons. The Labute approximate surface area is 230 Å². The molecule has 4 rings (SSSR count). The Kier molecular flexibility index (Phi) is 11.1. The van der Waals surface area contributed by atoms with E-state index in [-0.39, 0.29) is 36.8 Å². The van der Waals surface area contributed by atoms with Crippen LogP contribution in [0.25, 0.3) is 11.0 Å². The van der Waals surface area contributed by atoms with Crippen LogP contribution < -0.4 is 25.3 Å².